The third-order valence-electron chi connectivity index (χ3n) is 4.87. The lowest BCUT2D eigenvalue weighted by atomic mass is 10.1. The number of nitrogens with one attached hydrogen (secondary N) is 1. The van der Waals surface area contributed by atoms with Crippen molar-refractivity contribution < 1.29 is 14.6 Å². The Kier molecular flexibility index (Phi) is 6.53. The summed E-state index contributed by atoms with van der Waals surface area (Å²) >= 11 is 3.65. The number of hydrogen-bond acceptors (Lipinski definition) is 4. The van der Waals surface area contributed by atoms with Crippen LogP contribution in [0.1, 0.15) is 43.4 Å². The zero-order valence-electron chi connectivity index (χ0n) is 14.5. The molecular formula is C18H26BrN3O3. The van der Waals surface area contributed by atoms with Crippen molar-refractivity contribution in [3.05, 3.63) is 21.8 Å². The molecule has 0 saturated carbocycles. The molecule has 0 spiro atoms. The lowest BCUT2D eigenvalue weighted by Crippen LogP contribution is -2.28. The van der Waals surface area contributed by atoms with E-state index in [2.05, 4.69) is 27.3 Å². The van der Waals surface area contributed by atoms with Crippen LogP contribution in [0, 0.1) is 0 Å². The molecule has 0 radical (unpaired) electrons. The molecule has 7 heteroatoms. The first-order valence-corrected chi connectivity index (χ1v) is 9.94. The van der Waals surface area contributed by atoms with Crippen molar-refractivity contribution in [2.24, 2.45) is 0 Å². The Bertz CT molecular complexity index is 611. The number of hydrogen-bond donors (Lipinski definition) is 2. The number of fused-ring (bicyclic) bond motifs is 1. The summed E-state index contributed by atoms with van der Waals surface area (Å²) in [6, 6.07) is 2.21. The van der Waals surface area contributed by atoms with Gasteiger partial charge in [0, 0.05) is 24.2 Å². The van der Waals surface area contributed by atoms with Crippen LogP contribution in [-0.4, -0.2) is 53.4 Å². The number of anilines is 1. The number of halogens is 1. The number of rotatable bonds is 7. The second-order valence-electron chi connectivity index (χ2n) is 6.78. The fourth-order valence-electron chi connectivity index (χ4n) is 3.43. The lowest BCUT2D eigenvalue weighted by molar-refractivity contribution is 0.0560. The molecular weight excluding hydrogens is 386 g/mol. The van der Waals surface area contributed by atoms with Gasteiger partial charge in [0.2, 0.25) is 0 Å². The molecule has 2 N–H and O–H groups in total. The second-order valence-corrected chi connectivity index (χ2v) is 7.63. The SMILES string of the molecule is O=C(O)N1CCC(OCCCCCc2nc3c(cc2Br)CCCN3)C1. The van der Waals surface area contributed by atoms with Crippen LogP contribution >= 0.6 is 15.9 Å². The highest BCUT2D eigenvalue weighted by Gasteiger charge is 2.26. The summed E-state index contributed by atoms with van der Waals surface area (Å²) < 4.78 is 6.91. The number of carboxylic acid groups (broad SMARTS) is 1. The predicted octanol–water partition coefficient (Wildman–Crippen LogP) is 3.68. The highest BCUT2D eigenvalue weighted by Crippen LogP contribution is 2.27. The van der Waals surface area contributed by atoms with Crippen LogP contribution in [-0.2, 0) is 17.6 Å². The molecule has 1 amide bonds. The van der Waals surface area contributed by atoms with Gasteiger partial charge in [-0.15, -0.1) is 0 Å². The van der Waals surface area contributed by atoms with E-state index >= 15 is 0 Å². The third kappa shape index (κ3) is 5.07. The number of ether oxygens (including phenoxy) is 1. The molecule has 138 valence electrons. The molecule has 1 fully saturated rings. The van der Waals surface area contributed by atoms with Crippen LogP contribution in [0.25, 0.3) is 0 Å². The van der Waals surface area contributed by atoms with E-state index in [1.807, 2.05) is 0 Å². The van der Waals surface area contributed by atoms with Crippen molar-refractivity contribution in [1.82, 2.24) is 9.88 Å². The van der Waals surface area contributed by atoms with Gasteiger partial charge in [-0.1, -0.05) is 6.42 Å². The molecule has 6 nitrogen and oxygen atoms in total. The minimum Gasteiger partial charge on any atom is -0.465 e. The molecule has 25 heavy (non-hydrogen) atoms. The Morgan fingerprint density at radius 1 is 1.44 bits per heavy atom. The molecule has 0 aliphatic carbocycles. The van der Waals surface area contributed by atoms with E-state index in [4.69, 9.17) is 14.8 Å². The minimum absolute atomic E-state index is 0.0682. The number of unbranched alkanes of at least 4 members (excludes halogenated alkanes) is 2. The number of nitrogens with zero attached hydrogens (tertiary/aromatic N) is 2. The lowest BCUT2D eigenvalue weighted by Gasteiger charge is -2.18. The van der Waals surface area contributed by atoms with Gasteiger partial charge in [-0.05, 0) is 66.1 Å². The van der Waals surface area contributed by atoms with E-state index in [0.29, 0.717) is 19.7 Å². The fraction of sp³-hybridized carbons (Fsp3) is 0.667. The van der Waals surface area contributed by atoms with E-state index in [0.717, 1.165) is 61.1 Å². The molecule has 2 aliphatic heterocycles. The van der Waals surface area contributed by atoms with Crippen LogP contribution in [0.15, 0.2) is 10.5 Å². The maximum atomic E-state index is 10.9. The first-order valence-electron chi connectivity index (χ1n) is 9.15. The Balaban J connectivity index is 1.33. The highest BCUT2D eigenvalue weighted by atomic mass is 79.9. The molecule has 3 heterocycles. The summed E-state index contributed by atoms with van der Waals surface area (Å²) in [4.78, 5) is 17.1. The number of aromatic nitrogens is 1. The largest absolute Gasteiger partial charge is 0.465 e. The molecule has 1 atom stereocenters. The highest BCUT2D eigenvalue weighted by molar-refractivity contribution is 9.10. The normalized spacial score (nSPS) is 19.6. The smallest absolute Gasteiger partial charge is 0.407 e. The number of amides is 1. The first kappa shape index (κ1) is 18.5. The van der Waals surface area contributed by atoms with Gasteiger partial charge < -0.3 is 20.1 Å². The van der Waals surface area contributed by atoms with E-state index in [-0.39, 0.29) is 6.10 Å². The van der Waals surface area contributed by atoms with Crippen molar-refractivity contribution in [3.63, 3.8) is 0 Å². The van der Waals surface area contributed by atoms with E-state index in [1.54, 1.807) is 0 Å². The molecule has 0 bridgehead atoms. The molecule has 0 aromatic carbocycles. The molecule has 2 aliphatic rings. The van der Waals surface area contributed by atoms with Gasteiger partial charge in [0.15, 0.2) is 0 Å². The van der Waals surface area contributed by atoms with Gasteiger partial charge in [-0.25, -0.2) is 9.78 Å². The quantitative estimate of drug-likeness (QED) is 0.669. The molecule has 1 unspecified atom stereocenters. The number of likely N-dealkylation sites (tertiary alicyclic amines) is 1. The van der Waals surface area contributed by atoms with Gasteiger partial charge in [0.05, 0.1) is 18.3 Å². The summed E-state index contributed by atoms with van der Waals surface area (Å²) in [5, 5.41) is 12.3. The summed E-state index contributed by atoms with van der Waals surface area (Å²) in [5.41, 5.74) is 2.43. The number of pyridine rings is 1. The minimum atomic E-state index is -0.844. The molecule has 3 rings (SSSR count). The van der Waals surface area contributed by atoms with Crippen molar-refractivity contribution in [1.29, 1.82) is 0 Å². The van der Waals surface area contributed by atoms with Crippen molar-refractivity contribution >= 4 is 27.8 Å². The maximum absolute atomic E-state index is 10.9. The van der Waals surface area contributed by atoms with Gasteiger partial charge in [-0.2, -0.15) is 0 Å². The molecule has 1 aromatic rings. The summed E-state index contributed by atoms with van der Waals surface area (Å²) in [7, 11) is 0. The Morgan fingerprint density at radius 2 is 2.32 bits per heavy atom. The van der Waals surface area contributed by atoms with Crippen LogP contribution < -0.4 is 5.32 Å². The topological polar surface area (TPSA) is 74.7 Å². The van der Waals surface area contributed by atoms with Crippen LogP contribution in [0.4, 0.5) is 10.6 Å². The van der Waals surface area contributed by atoms with Crippen LogP contribution in [0.5, 0.6) is 0 Å². The van der Waals surface area contributed by atoms with Crippen LogP contribution in [0.2, 0.25) is 0 Å². The first-order chi connectivity index (χ1) is 12.1. The average molecular weight is 412 g/mol. The standard InChI is InChI=1S/C18H26BrN3O3/c19-15-11-13-5-4-8-20-17(13)21-16(15)6-2-1-3-10-25-14-7-9-22(12-14)18(23)24/h11,14H,1-10,12H2,(H,20,21)(H,23,24). The maximum Gasteiger partial charge on any atom is 0.407 e. The predicted molar refractivity (Wildman–Crippen MR) is 100 cm³/mol. The average Bonchev–Trinajstić information content (AvgIpc) is 3.07. The van der Waals surface area contributed by atoms with E-state index in [1.165, 1.54) is 16.9 Å². The van der Waals surface area contributed by atoms with Crippen molar-refractivity contribution in [2.45, 2.75) is 51.0 Å². The van der Waals surface area contributed by atoms with Crippen molar-refractivity contribution in [3.8, 4) is 0 Å². The summed E-state index contributed by atoms with van der Waals surface area (Å²) in [6.07, 6.45) is 6.45. The van der Waals surface area contributed by atoms with Crippen LogP contribution in [0.3, 0.4) is 0 Å². The van der Waals surface area contributed by atoms with Gasteiger partial charge in [0.1, 0.15) is 5.82 Å². The fourth-order valence-corrected chi connectivity index (χ4v) is 3.99. The molecule has 1 aromatic heterocycles. The van der Waals surface area contributed by atoms with E-state index in [9.17, 15) is 4.79 Å². The van der Waals surface area contributed by atoms with Gasteiger partial charge in [0.25, 0.3) is 0 Å². The summed E-state index contributed by atoms with van der Waals surface area (Å²) in [5.74, 6) is 1.05. The van der Waals surface area contributed by atoms with Gasteiger partial charge in [-0.3, -0.25) is 0 Å². The second kappa shape index (κ2) is 8.85. The Morgan fingerprint density at radius 3 is 3.12 bits per heavy atom. The Labute approximate surface area is 157 Å². The van der Waals surface area contributed by atoms with E-state index < -0.39 is 6.09 Å². The summed E-state index contributed by atoms with van der Waals surface area (Å²) in [6.45, 7) is 2.82. The van der Waals surface area contributed by atoms with Gasteiger partial charge >= 0.3 is 6.09 Å². The van der Waals surface area contributed by atoms with Crippen molar-refractivity contribution in [2.75, 3.05) is 31.6 Å². The zero-order valence-corrected chi connectivity index (χ0v) is 16.1. The number of aryl methyl sites for hydroxylation is 2. The Hall–Kier alpha value is -1.34. The zero-order chi connectivity index (χ0) is 17.6. The monoisotopic (exact) mass is 411 g/mol. The number of carbonyl (C=O) groups is 1. The molecule has 1 saturated heterocycles. The third-order valence-corrected chi connectivity index (χ3v) is 5.56.